The van der Waals surface area contributed by atoms with Crippen molar-refractivity contribution < 1.29 is 22.7 Å². The van der Waals surface area contributed by atoms with Gasteiger partial charge in [-0.3, -0.25) is 4.79 Å². The zero-order valence-electron chi connectivity index (χ0n) is 17.6. The lowest BCUT2D eigenvalue weighted by molar-refractivity contribution is -0.274. The number of rotatable bonds is 5. The number of hydrogen-bond acceptors (Lipinski definition) is 2. The SMILES string of the molecule is O=C(NCc1ccc(OC(F)(F)F)cc1)C12CC3CC(C1)CC(c1ccc(Cl)cc1)(C3)C2. The Morgan fingerprint density at radius 1 is 1.00 bits per heavy atom. The number of nitrogens with one attached hydrogen (secondary N) is 1. The van der Waals surface area contributed by atoms with Gasteiger partial charge in [0.05, 0.1) is 5.41 Å². The summed E-state index contributed by atoms with van der Waals surface area (Å²) >= 11 is 6.11. The fourth-order valence-corrected chi connectivity index (χ4v) is 6.97. The van der Waals surface area contributed by atoms with Crippen molar-refractivity contribution in [2.75, 3.05) is 0 Å². The summed E-state index contributed by atoms with van der Waals surface area (Å²) in [5.41, 5.74) is 1.68. The molecule has 4 aliphatic carbocycles. The number of ether oxygens (including phenoxy) is 1. The third-order valence-corrected chi connectivity index (χ3v) is 7.86. The normalized spacial score (nSPS) is 30.9. The van der Waals surface area contributed by atoms with E-state index in [0.717, 1.165) is 42.7 Å². The van der Waals surface area contributed by atoms with E-state index >= 15 is 0 Å². The van der Waals surface area contributed by atoms with E-state index in [1.807, 2.05) is 12.1 Å². The van der Waals surface area contributed by atoms with Gasteiger partial charge < -0.3 is 10.1 Å². The van der Waals surface area contributed by atoms with Crippen molar-refractivity contribution in [3.63, 3.8) is 0 Å². The second kappa shape index (κ2) is 7.68. The van der Waals surface area contributed by atoms with Crippen LogP contribution in [0.4, 0.5) is 13.2 Å². The fraction of sp³-hybridized carbons (Fsp3) is 0.480. The molecule has 170 valence electrons. The molecule has 2 aromatic carbocycles. The molecule has 4 bridgehead atoms. The Morgan fingerprint density at radius 2 is 1.62 bits per heavy atom. The van der Waals surface area contributed by atoms with Crippen molar-refractivity contribution >= 4 is 17.5 Å². The summed E-state index contributed by atoms with van der Waals surface area (Å²) in [6, 6.07) is 13.8. The molecule has 4 aliphatic rings. The van der Waals surface area contributed by atoms with Gasteiger partial charge >= 0.3 is 6.36 Å². The van der Waals surface area contributed by atoms with E-state index in [-0.39, 0.29) is 29.0 Å². The van der Waals surface area contributed by atoms with Crippen LogP contribution in [0.1, 0.15) is 49.7 Å². The van der Waals surface area contributed by atoms with Crippen LogP contribution in [0.25, 0.3) is 0 Å². The maximum atomic E-state index is 13.4. The Bertz CT molecular complexity index is 989. The third-order valence-electron chi connectivity index (χ3n) is 7.61. The van der Waals surface area contributed by atoms with Gasteiger partial charge in [-0.15, -0.1) is 13.2 Å². The van der Waals surface area contributed by atoms with E-state index in [1.54, 1.807) is 12.1 Å². The summed E-state index contributed by atoms with van der Waals surface area (Å²) in [7, 11) is 0. The van der Waals surface area contributed by atoms with E-state index in [9.17, 15) is 18.0 Å². The van der Waals surface area contributed by atoms with Crippen molar-refractivity contribution in [3.8, 4) is 5.75 Å². The Labute approximate surface area is 190 Å². The molecular weight excluding hydrogens is 439 g/mol. The van der Waals surface area contributed by atoms with E-state index < -0.39 is 6.36 Å². The number of carbonyl (C=O) groups excluding carboxylic acids is 1. The molecule has 2 aromatic rings. The lowest BCUT2D eigenvalue weighted by Gasteiger charge is -2.61. The molecule has 0 saturated heterocycles. The molecule has 0 spiro atoms. The Hall–Kier alpha value is -2.21. The first-order valence-corrected chi connectivity index (χ1v) is 11.4. The number of alkyl halides is 3. The minimum absolute atomic E-state index is 0.0304. The predicted octanol–water partition coefficient (Wildman–Crippen LogP) is 6.39. The lowest BCUT2D eigenvalue weighted by Crippen LogP contribution is -2.59. The predicted molar refractivity (Wildman–Crippen MR) is 115 cm³/mol. The number of benzene rings is 2. The Balaban J connectivity index is 1.30. The molecule has 2 atom stereocenters. The standard InChI is InChI=1S/C25H25ClF3NO2/c26-20-5-3-19(4-6-20)23-10-17-9-18(11-23)13-24(12-17,15-23)22(31)30-14-16-1-7-21(8-2-16)32-25(27,28)29/h1-8,17-18H,9-15H2,(H,30,31). The van der Waals surface area contributed by atoms with Gasteiger partial charge in [-0.1, -0.05) is 35.9 Å². The maximum Gasteiger partial charge on any atom is 0.573 e. The van der Waals surface area contributed by atoms with E-state index in [4.69, 9.17) is 11.6 Å². The molecule has 0 heterocycles. The van der Waals surface area contributed by atoms with Crippen LogP contribution in [0.2, 0.25) is 5.02 Å². The van der Waals surface area contributed by atoms with Crippen LogP contribution >= 0.6 is 11.6 Å². The number of carbonyl (C=O) groups is 1. The van der Waals surface area contributed by atoms with Gasteiger partial charge in [0, 0.05) is 11.6 Å². The molecule has 1 amide bonds. The molecule has 4 saturated carbocycles. The van der Waals surface area contributed by atoms with E-state index in [2.05, 4.69) is 22.2 Å². The van der Waals surface area contributed by atoms with Gasteiger partial charge in [0.1, 0.15) is 5.75 Å². The first-order valence-electron chi connectivity index (χ1n) is 11.0. The monoisotopic (exact) mass is 463 g/mol. The highest BCUT2D eigenvalue weighted by Crippen LogP contribution is 2.65. The number of halogens is 4. The molecule has 7 heteroatoms. The zero-order chi connectivity index (χ0) is 22.6. The minimum Gasteiger partial charge on any atom is -0.406 e. The smallest absolute Gasteiger partial charge is 0.406 e. The zero-order valence-corrected chi connectivity index (χ0v) is 18.3. The largest absolute Gasteiger partial charge is 0.573 e. The molecule has 0 aliphatic heterocycles. The van der Waals surface area contributed by atoms with Crippen LogP contribution in [0, 0.1) is 17.3 Å². The van der Waals surface area contributed by atoms with Gasteiger partial charge in [0.15, 0.2) is 0 Å². The second-order valence-corrected chi connectivity index (χ2v) is 10.3. The van der Waals surface area contributed by atoms with Crippen LogP contribution in [-0.4, -0.2) is 12.3 Å². The van der Waals surface area contributed by atoms with Crippen molar-refractivity contribution in [3.05, 3.63) is 64.7 Å². The highest BCUT2D eigenvalue weighted by atomic mass is 35.5. The molecule has 0 aromatic heterocycles. The van der Waals surface area contributed by atoms with Gasteiger partial charge in [-0.2, -0.15) is 0 Å². The molecular formula is C25H25ClF3NO2. The molecule has 6 rings (SSSR count). The average molecular weight is 464 g/mol. The average Bonchev–Trinajstić information content (AvgIpc) is 2.71. The van der Waals surface area contributed by atoms with Crippen LogP contribution in [0.15, 0.2) is 48.5 Å². The number of amides is 1. The Kier molecular flexibility index (Phi) is 5.19. The van der Waals surface area contributed by atoms with Crippen LogP contribution < -0.4 is 10.1 Å². The van der Waals surface area contributed by atoms with Gasteiger partial charge in [-0.05, 0) is 91.2 Å². The van der Waals surface area contributed by atoms with Crippen molar-refractivity contribution in [2.24, 2.45) is 17.3 Å². The summed E-state index contributed by atoms with van der Waals surface area (Å²) in [4.78, 5) is 13.4. The summed E-state index contributed by atoms with van der Waals surface area (Å²) in [5.74, 6) is 0.909. The summed E-state index contributed by atoms with van der Waals surface area (Å²) in [6.45, 7) is 0.288. The van der Waals surface area contributed by atoms with E-state index in [0.29, 0.717) is 11.8 Å². The van der Waals surface area contributed by atoms with Crippen LogP contribution in [0.5, 0.6) is 5.75 Å². The molecule has 32 heavy (non-hydrogen) atoms. The molecule has 4 fully saturated rings. The Morgan fingerprint density at radius 3 is 2.22 bits per heavy atom. The topological polar surface area (TPSA) is 38.3 Å². The van der Waals surface area contributed by atoms with Crippen LogP contribution in [0.3, 0.4) is 0 Å². The van der Waals surface area contributed by atoms with Crippen LogP contribution in [-0.2, 0) is 16.8 Å². The molecule has 1 N–H and O–H groups in total. The highest BCUT2D eigenvalue weighted by Gasteiger charge is 2.60. The molecule has 3 nitrogen and oxygen atoms in total. The summed E-state index contributed by atoms with van der Waals surface area (Å²) in [5, 5.41) is 3.80. The lowest BCUT2D eigenvalue weighted by atomic mass is 9.42. The fourth-order valence-electron chi connectivity index (χ4n) is 6.85. The van der Waals surface area contributed by atoms with Crippen molar-refractivity contribution in [1.29, 1.82) is 0 Å². The van der Waals surface area contributed by atoms with Gasteiger partial charge in [-0.25, -0.2) is 0 Å². The second-order valence-electron chi connectivity index (χ2n) is 9.90. The molecule has 2 unspecified atom stereocenters. The third kappa shape index (κ3) is 4.09. The van der Waals surface area contributed by atoms with Crippen molar-refractivity contribution in [1.82, 2.24) is 5.32 Å². The highest BCUT2D eigenvalue weighted by molar-refractivity contribution is 6.30. The van der Waals surface area contributed by atoms with Gasteiger partial charge in [0.2, 0.25) is 5.91 Å². The quantitative estimate of drug-likeness (QED) is 0.557. The summed E-state index contributed by atoms with van der Waals surface area (Å²) < 4.78 is 40.9. The maximum absolute atomic E-state index is 13.4. The van der Waals surface area contributed by atoms with Gasteiger partial charge in [0.25, 0.3) is 0 Å². The first-order chi connectivity index (χ1) is 15.1. The van der Waals surface area contributed by atoms with E-state index in [1.165, 1.54) is 24.1 Å². The summed E-state index contributed by atoms with van der Waals surface area (Å²) in [6.07, 6.45) is 1.42. The molecule has 0 radical (unpaired) electrons. The van der Waals surface area contributed by atoms with Crippen molar-refractivity contribution in [2.45, 2.75) is 56.8 Å². The minimum atomic E-state index is -4.71. The number of hydrogen-bond donors (Lipinski definition) is 1. The first kappa shape index (κ1) is 21.6.